The van der Waals surface area contributed by atoms with Gasteiger partial charge in [-0.1, -0.05) is 5.09 Å². The van der Waals surface area contributed by atoms with E-state index in [0.29, 0.717) is 5.56 Å². The number of ether oxygens (including phenoxy) is 2. The van der Waals surface area contributed by atoms with Crippen molar-refractivity contribution in [3.8, 4) is 0 Å². The van der Waals surface area contributed by atoms with Gasteiger partial charge in [0.15, 0.2) is 11.0 Å². The molecule has 0 aliphatic carbocycles. The fourth-order valence-corrected chi connectivity index (χ4v) is 3.62. The molecule has 1 aliphatic rings. The van der Waals surface area contributed by atoms with Crippen LogP contribution < -0.4 is 10.6 Å². The van der Waals surface area contributed by atoms with E-state index in [1.807, 2.05) is 0 Å². The number of aliphatic hydroxyl groups excluding tert-OH is 2. The van der Waals surface area contributed by atoms with Crippen molar-refractivity contribution in [2.45, 2.75) is 64.4 Å². The normalized spacial score (nSPS) is 25.8. The van der Waals surface area contributed by atoms with Crippen LogP contribution in [-0.4, -0.2) is 62.8 Å². The van der Waals surface area contributed by atoms with Gasteiger partial charge in [0, 0.05) is 11.8 Å². The summed E-state index contributed by atoms with van der Waals surface area (Å²) in [5.41, 5.74) is -0.0227. The van der Waals surface area contributed by atoms with Crippen LogP contribution in [0.1, 0.15) is 32.6 Å². The fourth-order valence-electron chi connectivity index (χ4n) is 2.60. The molecule has 1 aliphatic heterocycles. The number of aromatic nitrogens is 2. The second-order valence-corrected chi connectivity index (χ2v) is 8.33. The van der Waals surface area contributed by atoms with E-state index in [1.54, 1.807) is 20.8 Å². The van der Waals surface area contributed by atoms with E-state index in [1.165, 1.54) is 17.7 Å². The average Bonchev–Trinajstić information content (AvgIpc) is 2.90. The van der Waals surface area contributed by atoms with Crippen molar-refractivity contribution in [1.29, 1.82) is 0 Å². The van der Waals surface area contributed by atoms with Crippen LogP contribution in [0.25, 0.3) is 0 Å². The number of rotatable bonds is 8. The minimum Gasteiger partial charge on any atom is -0.462 e. The van der Waals surface area contributed by atoms with Gasteiger partial charge in [-0.3, -0.25) is 19.1 Å². The molecule has 4 N–H and O–H groups in total. The third-order valence-electron chi connectivity index (χ3n) is 4.12. The molecular weight excluding hydrogens is 425 g/mol. The second kappa shape index (κ2) is 9.98. The van der Waals surface area contributed by atoms with E-state index in [2.05, 4.69) is 10.1 Å². The molecule has 0 spiro atoms. The van der Waals surface area contributed by atoms with E-state index in [0.717, 1.165) is 0 Å². The maximum Gasteiger partial charge on any atom is 0.613 e. The third-order valence-corrected chi connectivity index (χ3v) is 5.41. The van der Waals surface area contributed by atoms with Crippen LogP contribution in [0.5, 0.6) is 0 Å². The molecule has 162 valence electrons. The summed E-state index contributed by atoms with van der Waals surface area (Å²) in [6.45, 7) is 6.10. The SMILES string of the molecule is Cc1cn([C@H]2O[C@@H](CO[P+](=O)N[C@@H](C)C(=O)OC(C)C)C(O)[C@H]2O)c(=S)[nH]c1=O. The Morgan fingerprint density at radius 3 is 2.69 bits per heavy atom. The third kappa shape index (κ3) is 5.98. The quantitative estimate of drug-likeness (QED) is 0.249. The Morgan fingerprint density at radius 1 is 1.41 bits per heavy atom. The van der Waals surface area contributed by atoms with Crippen molar-refractivity contribution < 1.29 is 33.6 Å². The summed E-state index contributed by atoms with van der Waals surface area (Å²) in [5.74, 6) is -0.581. The molecule has 2 rings (SSSR count). The molecule has 1 fully saturated rings. The molecule has 1 saturated heterocycles. The first kappa shape index (κ1) is 23.7. The van der Waals surface area contributed by atoms with Crippen molar-refractivity contribution >= 4 is 26.4 Å². The Morgan fingerprint density at radius 2 is 2.07 bits per heavy atom. The number of hydrogen-bond donors (Lipinski definition) is 4. The molecule has 29 heavy (non-hydrogen) atoms. The van der Waals surface area contributed by atoms with E-state index >= 15 is 0 Å². The van der Waals surface area contributed by atoms with Gasteiger partial charge in [0.2, 0.25) is 0 Å². The summed E-state index contributed by atoms with van der Waals surface area (Å²) in [6, 6.07) is -0.865. The lowest BCUT2D eigenvalue weighted by atomic mass is 10.1. The zero-order chi connectivity index (χ0) is 21.9. The lowest BCUT2D eigenvalue weighted by Crippen LogP contribution is -2.35. The number of nitrogens with one attached hydrogen (secondary N) is 2. The molecule has 1 aromatic rings. The zero-order valence-corrected chi connectivity index (χ0v) is 18.1. The van der Waals surface area contributed by atoms with Crippen molar-refractivity contribution in [3.05, 3.63) is 26.9 Å². The lowest BCUT2D eigenvalue weighted by molar-refractivity contribution is -0.149. The number of nitrogens with zero attached hydrogens (tertiary/aromatic N) is 1. The van der Waals surface area contributed by atoms with Gasteiger partial charge >= 0.3 is 14.1 Å². The van der Waals surface area contributed by atoms with Crippen molar-refractivity contribution in [1.82, 2.24) is 14.6 Å². The Hall–Kier alpha value is -1.53. The number of aliphatic hydroxyl groups is 2. The van der Waals surface area contributed by atoms with Crippen LogP contribution >= 0.6 is 20.4 Å². The highest BCUT2D eigenvalue weighted by molar-refractivity contribution is 7.71. The summed E-state index contributed by atoms with van der Waals surface area (Å²) in [4.78, 5) is 25.8. The van der Waals surface area contributed by atoms with Gasteiger partial charge < -0.3 is 19.7 Å². The number of esters is 1. The van der Waals surface area contributed by atoms with Crippen LogP contribution in [0.2, 0.25) is 0 Å². The van der Waals surface area contributed by atoms with Crippen LogP contribution in [-0.2, 0) is 23.4 Å². The summed E-state index contributed by atoms with van der Waals surface area (Å²) >= 11 is 5.08. The highest BCUT2D eigenvalue weighted by atomic mass is 32.1. The van der Waals surface area contributed by atoms with Crippen molar-refractivity contribution in [2.24, 2.45) is 0 Å². The van der Waals surface area contributed by atoms with Gasteiger partial charge in [-0.15, -0.1) is 4.52 Å². The molecular formula is C16H25N3O8PS+. The fraction of sp³-hybridized carbons (Fsp3) is 0.688. The van der Waals surface area contributed by atoms with Gasteiger partial charge in [-0.25, -0.2) is 0 Å². The van der Waals surface area contributed by atoms with E-state index in [-0.39, 0.29) is 23.0 Å². The van der Waals surface area contributed by atoms with Crippen LogP contribution in [0.3, 0.4) is 0 Å². The Bertz CT molecular complexity index is 872. The number of carbonyl (C=O) groups excluding carboxylic acids is 1. The molecule has 0 saturated carbocycles. The van der Waals surface area contributed by atoms with Gasteiger partial charge in [0.25, 0.3) is 5.56 Å². The molecule has 0 bridgehead atoms. The van der Waals surface area contributed by atoms with Gasteiger partial charge in [0.05, 0.1) is 6.10 Å². The summed E-state index contributed by atoms with van der Waals surface area (Å²) in [6.07, 6.45) is -3.67. The van der Waals surface area contributed by atoms with Gasteiger partial charge in [0.1, 0.15) is 31.0 Å². The van der Waals surface area contributed by atoms with Crippen molar-refractivity contribution in [3.63, 3.8) is 0 Å². The minimum atomic E-state index is -2.46. The summed E-state index contributed by atoms with van der Waals surface area (Å²) < 4.78 is 29.1. The van der Waals surface area contributed by atoms with Crippen LogP contribution in [0.15, 0.2) is 11.0 Å². The predicted molar refractivity (Wildman–Crippen MR) is 104 cm³/mol. The molecule has 13 heteroatoms. The number of aromatic amines is 1. The molecule has 0 aromatic carbocycles. The summed E-state index contributed by atoms with van der Waals surface area (Å²) in [5, 5.41) is 23.0. The predicted octanol–water partition coefficient (Wildman–Crippen LogP) is 0.437. The zero-order valence-electron chi connectivity index (χ0n) is 16.4. The smallest absolute Gasteiger partial charge is 0.462 e. The second-order valence-electron chi connectivity index (χ2n) is 6.91. The van der Waals surface area contributed by atoms with Gasteiger partial charge in [-0.05, 0) is 44.5 Å². The molecule has 2 unspecified atom stereocenters. The molecule has 2 heterocycles. The Labute approximate surface area is 172 Å². The van der Waals surface area contributed by atoms with Crippen LogP contribution in [0, 0.1) is 11.7 Å². The first-order valence-corrected chi connectivity index (χ1v) is 10.5. The molecule has 11 nitrogen and oxygen atoms in total. The van der Waals surface area contributed by atoms with E-state index in [4.69, 9.17) is 26.2 Å². The number of carbonyl (C=O) groups is 1. The highest BCUT2D eigenvalue weighted by Gasteiger charge is 2.45. The maximum atomic E-state index is 12.0. The standard InChI is InChI=1S/C16H24N3O8PS/c1-7(2)26-15(23)9(4)18-28(24)25-6-10-11(20)12(21)14(27-10)19-5-8(3)13(22)17-16(19)29/h5,7,9-12,14,20-21H,6H2,1-4H3,(H-,17,18,22,24,29)/p+1/t9-,10-,11?,12+,14-/m0/s1. The lowest BCUT2D eigenvalue weighted by Gasteiger charge is -2.18. The maximum absolute atomic E-state index is 12.0. The largest absolute Gasteiger partial charge is 0.613 e. The Balaban J connectivity index is 1.97. The van der Waals surface area contributed by atoms with Crippen molar-refractivity contribution in [2.75, 3.05) is 6.61 Å². The Kier molecular flexibility index (Phi) is 8.18. The number of aryl methyl sites for hydroxylation is 1. The molecule has 1 aromatic heterocycles. The van der Waals surface area contributed by atoms with E-state index < -0.39 is 44.7 Å². The van der Waals surface area contributed by atoms with Gasteiger partial charge in [-0.2, -0.15) is 0 Å². The molecule has 0 amide bonds. The number of H-pyrrole nitrogens is 1. The van der Waals surface area contributed by atoms with Crippen LogP contribution in [0.4, 0.5) is 0 Å². The first-order chi connectivity index (χ1) is 13.5. The summed E-state index contributed by atoms with van der Waals surface area (Å²) in [7, 11) is -2.46. The topological polar surface area (TPSA) is 152 Å². The molecule has 0 radical (unpaired) electrons. The average molecular weight is 450 g/mol. The monoisotopic (exact) mass is 450 g/mol. The number of hydrogen-bond acceptors (Lipinski definition) is 9. The first-order valence-electron chi connectivity index (χ1n) is 8.91. The highest BCUT2D eigenvalue weighted by Crippen LogP contribution is 2.31. The minimum absolute atomic E-state index is 0.0173. The molecule has 6 atom stereocenters. The van der Waals surface area contributed by atoms with E-state index in [9.17, 15) is 24.4 Å².